The van der Waals surface area contributed by atoms with E-state index in [0.717, 1.165) is 11.1 Å². The van der Waals surface area contributed by atoms with Crippen molar-refractivity contribution in [2.75, 3.05) is 5.32 Å². The molecule has 0 aromatic heterocycles. The van der Waals surface area contributed by atoms with Crippen LogP contribution >= 0.6 is 23.2 Å². The third-order valence-electron chi connectivity index (χ3n) is 4.34. The number of carbonyl (C=O) groups is 2. The number of rotatable bonds is 8. The maximum atomic E-state index is 12.0. The molecule has 0 fully saturated rings. The molecular weight excluding hydrogens is 463 g/mol. The predicted molar refractivity (Wildman–Crippen MR) is 127 cm³/mol. The van der Waals surface area contributed by atoms with Gasteiger partial charge in [-0.05, 0) is 54.1 Å². The molecule has 7 nitrogen and oxygen atoms in total. The summed E-state index contributed by atoms with van der Waals surface area (Å²) >= 11 is 11.7. The van der Waals surface area contributed by atoms with E-state index in [4.69, 9.17) is 33.2 Å². The topological polar surface area (TPSA) is 104 Å². The number of hydrazone groups is 1. The zero-order chi connectivity index (χ0) is 23.6. The normalized spacial score (nSPS) is 10.5. The van der Waals surface area contributed by atoms with Crippen molar-refractivity contribution in [3.05, 3.63) is 93.5 Å². The number of nitrogens with one attached hydrogen (secondary N) is 2. The van der Waals surface area contributed by atoms with Crippen molar-refractivity contribution in [1.29, 1.82) is 5.26 Å². The summed E-state index contributed by atoms with van der Waals surface area (Å²) in [6.07, 6.45) is 1.04. The summed E-state index contributed by atoms with van der Waals surface area (Å²) in [5, 5.41) is 16.2. The van der Waals surface area contributed by atoms with E-state index in [9.17, 15) is 9.59 Å². The van der Waals surface area contributed by atoms with Crippen LogP contribution in [-0.4, -0.2) is 18.0 Å². The summed E-state index contributed by atoms with van der Waals surface area (Å²) in [6.45, 7) is 0.275. The van der Waals surface area contributed by atoms with E-state index in [1.165, 1.54) is 12.3 Å². The van der Waals surface area contributed by atoms with Crippen molar-refractivity contribution in [3.8, 4) is 11.8 Å². The van der Waals surface area contributed by atoms with Crippen LogP contribution in [0.5, 0.6) is 5.75 Å². The molecule has 0 atom stereocenters. The van der Waals surface area contributed by atoms with Crippen LogP contribution in [0.1, 0.15) is 23.1 Å². The Morgan fingerprint density at radius 3 is 2.48 bits per heavy atom. The van der Waals surface area contributed by atoms with Gasteiger partial charge in [-0.1, -0.05) is 41.4 Å². The average Bonchev–Trinajstić information content (AvgIpc) is 2.81. The molecule has 0 aliphatic heterocycles. The van der Waals surface area contributed by atoms with Crippen LogP contribution < -0.4 is 15.5 Å². The highest BCUT2D eigenvalue weighted by Gasteiger charge is 2.10. The first-order valence-electron chi connectivity index (χ1n) is 9.72. The lowest BCUT2D eigenvalue weighted by molar-refractivity contribution is -0.126. The van der Waals surface area contributed by atoms with Gasteiger partial charge >= 0.3 is 0 Å². The SMILES string of the molecule is N#Cc1ccccc1COc1ccc(C=NNC(=O)CC(=O)Nc2ccc(Cl)c(Cl)c2)cc1. The number of benzene rings is 3. The number of hydrogen-bond donors (Lipinski definition) is 2. The van der Waals surface area contributed by atoms with Crippen molar-refractivity contribution in [2.45, 2.75) is 13.0 Å². The van der Waals surface area contributed by atoms with E-state index in [0.29, 0.717) is 27.0 Å². The molecule has 0 radical (unpaired) electrons. The molecule has 0 bridgehead atoms. The van der Waals surface area contributed by atoms with E-state index < -0.39 is 18.2 Å². The van der Waals surface area contributed by atoms with Gasteiger partial charge in [0, 0.05) is 11.3 Å². The number of hydrogen-bond acceptors (Lipinski definition) is 5. The highest BCUT2D eigenvalue weighted by molar-refractivity contribution is 6.42. The molecule has 0 saturated heterocycles. The van der Waals surface area contributed by atoms with Crippen molar-refractivity contribution in [1.82, 2.24) is 5.43 Å². The first-order chi connectivity index (χ1) is 15.9. The van der Waals surface area contributed by atoms with Gasteiger partial charge < -0.3 is 10.1 Å². The lowest BCUT2D eigenvalue weighted by Crippen LogP contribution is -2.24. The standard InChI is InChI=1S/C24H18Cl2N4O3/c25-21-10-7-19(11-22(21)26)29-23(31)12-24(32)30-28-14-16-5-8-20(9-6-16)33-15-18-4-2-1-3-17(18)13-27/h1-11,14H,12,15H2,(H,29,31)(H,30,32). The van der Waals surface area contributed by atoms with E-state index in [2.05, 4.69) is 21.9 Å². The fraction of sp³-hybridized carbons (Fsp3) is 0.0833. The second-order valence-electron chi connectivity index (χ2n) is 6.77. The third kappa shape index (κ3) is 7.35. The molecule has 166 valence electrons. The Morgan fingerprint density at radius 1 is 1.00 bits per heavy atom. The van der Waals surface area contributed by atoms with Gasteiger partial charge in [-0.3, -0.25) is 9.59 Å². The first-order valence-corrected chi connectivity index (χ1v) is 10.5. The minimum atomic E-state index is -0.570. The van der Waals surface area contributed by atoms with Gasteiger partial charge in [0.05, 0.1) is 27.9 Å². The van der Waals surface area contributed by atoms with Crippen molar-refractivity contribution < 1.29 is 14.3 Å². The average molecular weight is 481 g/mol. The Balaban J connectivity index is 1.44. The molecule has 3 rings (SSSR count). The Hall–Kier alpha value is -3.86. The molecule has 2 amide bonds. The van der Waals surface area contributed by atoms with Crippen molar-refractivity contribution >= 4 is 46.9 Å². The fourth-order valence-electron chi connectivity index (χ4n) is 2.71. The quantitative estimate of drug-likeness (QED) is 0.271. The van der Waals surface area contributed by atoms with Gasteiger partial charge in [0.2, 0.25) is 11.8 Å². The van der Waals surface area contributed by atoms with Gasteiger partial charge in [-0.2, -0.15) is 10.4 Å². The lowest BCUT2D eigenvalue weighted by Gasteiger charge is -2.07. The molecule has 0 aliphatic rings. The Bertz CT molecular complexity index is 1220. The highest BCUT2D eigenvalue weighted by Crippen LogP contribution is 2.25. The molecule has 0 saturated carbocycles. The maximum Gasteiger partial charge on any atom is 0.249 e. The summed E-state index contributed by atoms with van der Waals surface area (Å²) in [6, 6.07) is 21.0. The minimum absolute atomic E-state index is 0.275. The van der Waals surface area contributed by atoms with Gasteiger partial charge in [-0.15, -0.1) is 0 Å². The van der Waals surface area contributed by atoms with Crippen LogP contribution in [0.25, 0.3) is 0 Å². The minimum Gasteiger partial charge on any atom is -0.489 e. The molecule has 3 aromatic rings. The zero-order valence-corrected chi connectivity index (χ0v) is 18.7. The van der Waals surface area contributed by atoms with Crippen LogP contribution in [-0.2, 0) is 16.2 Å². The Morgan fingerprint density at radius 2 is 1.76 bits per heavy atom. The van der Waals surface area contributed by atoms with Gasteiger partial charge in [0.25, 0.3) is 0 Å². The highest BCUT2D eigenvalue weighted by atomic mass is 35.5. The largest absolute Gasteiger partial charge is 0.489 e. The first kappa shape index (κ1) is 23.8. The second-order valence-corrected chi connectivity index (χ2v) is 7.59. The fourth-order valence-corrected chi connectivity index (χ4v) is 3.01. The predicted octanol–water partition coefficient (Wildman–Crippen LogP) is 4.92. The smallest absolute Gasteiger partial charge is 0.249 e. The summed E-state index contributed by atoms with van der Waals surface area (Å²) in [5.74, 6) is -0.455. The van der Waals surface area contributed by atoms with Crippen LogP contribution in [0, 0.1) is 11.3 Å². The van der Waals surface area contributed by atoms with Crippen LogP contribution in [0.15, 0.2) is 71.8 Å². The molecule has 2 N–H and O–H groups in total. The number of nitriles is 1. The number of nitrogens with zero attached hydrogens (tertiary/aromatic N) is 2. The third-order valence-corrected chi connectivity index (χ3v) is 5.08. The molecule has 0 unspecified atom stereocenters. The van der Waals surface area contributed by atoms with Crippen molar-refractivity contribution in [2.24, 2.45) is 5.10 Å². The van der Waals surface area contributed by atoms with E-state index in [-0.39, 0.29) is 6.61 Å². The molecule has 9 heteroatoms. The van der Waals surface area contributed by atoms with Crippen molar-refractivity contribution in [3.63, 3.8) is 0 Å². The molecule has 0 spiro atoms. The zero-order valence-electron chi connectivity index (χ0n) is 17.2. The van der Waals surface area contributed by atoms with E-state index >= 15 is 0 Å². The second kappa shape index (κ2) is 11.7. The summed E-state index contributed by atoms with van der Waals surface area (Å²) < 4.78 is 5.71. The van der Waals surface area contributed by atoms with Crippen LogP contribution in [0.4, 0.5) is 5.69 Å². The monoisotopic (exact) mass is 480 g/mol. The van der Waals surface area contributed by atoms with E-state index in [1.54, 1.807) is 48.5 Å². The maximum absolute atomic E-state index is 12.0. The summed E-state index contributed by atoms with van der Waals surface area (Å²) in [4.78, 5) is 23.9. The molecule has 0 aliphatic carbocycles. The summed E-state index contributed by atoms with van der Waals surface area (Å²) in [7, 11) is 0. The number of amides is 2. The Labute approximate surface area is 200 Å². The van der Waals surface area contributed by atoms with Crippen LogP contribution in [0.3, 0.4) is 0 Å². The molecule has 3 aromatic carbocycles. The Kier molecular flexibility index (Phi) is 8.42. The number of carbonyl (C=O) groups excluding carboxylic acids is 2. The number of anilines is 1. The number of halogens is 2. The summed E-state index contributed by atoms with van der Waals surface area (Å²) in [5.41, 5.74) is 4.83. The lowest BCUT2D eigenvalue weighted by atomic mass is 10.1. The van der Waals surface area contributed by atoms with Crippen LogP contribution in [0.2, 0.25) is 10.0 Å². The van der Waals surface area contributed by atoms with E-state index in [1.807, 2.05) is 12.1 Å². The van der Waals surface area contributed by atoms with Gasteiger partial charge in [0.1, 0.15) is 18.8 Å². The van der Waals surface area contributed by atoms with Gasteiger partial charge in [-0.25, -0.2) is 5.43 Å². The molecular formula is C24H18Cl2N4O3. The number of ether oxygens (including phenoxy) is 1. The van der Waals surface area contributed by atoms with Gasteiger partial charge in [0.15, 0.2) is 0 Å². The molecule has 33 heavy (non-hydrogen) atoms. The molecule has 0 heterocycles.